The zero-order valence-electron chi connectivity index (χ0n) is 10.3. The monoisotopic (exact) mass is 238 g/mol. The first-order valence-electron chi connectivity index (χ1n) is 6.23. The number of thiophene rings is 1. The van der Waals surface area contributed by atoms with E-state index in [2.05, 4.69) is 30.7 Å². The van der Waals surface area contributed by atoms with Crippen molar-refractivity contribution in [2.24, 2.45) is 11.3 Å². The molecule has 1 fully saturated rings. The molecule has 0 aliphatic heterocycles. The highest BCUT2D eigenvalue weighted by atomic mass is 32.1. The van der Waals surface area contributed by atoms with Gasteiger partial charge in [-0.2, -0.15) is 0 Å². The Morgan fingerprint density at radius 3 is 2.62 bits per heavy atom. The van der Waals surface area contributed by atoms with Gasteiger partial charge in [0.25, 0.3) is 0 Å². The Kier molecular flexibility index (Phi) is 3.67. The molecule has 16 heavy (non-hydrogen) atoms. The lowest BCUT2D eigenvalue weighted by Crippen LogP contribution is -2.40. The predicted molar refractivity (Wildman–Crippen MR) is 70.3 cm³/mol. The average Bonchev–Trinajstić information content (AvgIpc) is 2.91. The minimum Gasteiger partial charge on any atom is -0.271 e. The second-order valence-electron chi connectivity index (χ2n) is 4.95. The SMILES string of the molecule is CCC1(C(NN)c2ccsc2C)CCCC1. The van der Waals surface area contributed by atoms with Gasteiger partial charge < -0.3 is 0 Å². The summed E-state index contributed by atoms with van der Waals surface area (Å²) in [4.78, 5) is 1.41. The van der Waals surface area contributed by atoms with Crippen LogP contribution in [0.4, 0.5) is 0 Å². The minimum atomic E-state index is 0.339. The van der Waals surface area contributed by atoms with Crippen molar-refractivity contribution in [3.63, 3.8) is 0 Å². The number of nitrogens with one attached hydrogen (secondary N) is 1. The van der Waals surface area contributed by atoms with E-state index in [1.165, 1.54) is 42.5 Å². The van der Waals surface area contributed by atoms with Gasteiger partial charge in [-0.05, 0) is 48.6 Å². The van der Waals surface area contributed by atoms with Crippen LogP contribution in [-0.2, 0) is 0 Å². The van der Waals surface area contributed by atoms with Crippen LogP contribution < -0.4 is 11.3 Å². The topological polar surface area (TPSA) is 38.0 Å². The van der Waals surface area contributed by atoms with Gasteiger partial charge in [0.15, 0.2) is 0 Å². The summed E-state index contributed by atoms with van der Waals surface area (Å²) in [7, 11) is 0. The van der Waals surface area contributed by atoms with Gasteiger partial charge in [-0.15, -0.1) is 11.3 Å². The molecular weight excluding hydrogens is 216 g/mol. The fourth-order valence-corrected chi connectivity index (χ4v) is 3.96. The molecule has 0 spiro atoms. The summed E-state index contributed by atoms with van der Waals surface area (Å²) in [6, 6.07) is 2.58. The van der Waals surface area contributed by atoms with E-state index in [4.69, 9.17) is 5.84 Å². The van der Waals surface area contributed by atoms with Crippen LogP contribution in [0.25, 0.3) is 0 Å². The Morgan fingerprint density at radius 2 is 2.19 bits per heavy atom. The molecular formula is C13H22N2S. The van der Waals surface area contributed by atoms with Crippen molar-refractivity contribution in [2.45, 2.75) is 52.0 Å². The molecule has 2 rings (SSSR count). The lowest BCUT2D eigenvalue weighted by molar-refractivity contribution is 0.188. The van der Waals surface area contributed by atoms with Crippen molar-refractivity contribution in [1.29, 1.82) is 0 Å². The summed E-state index contributed by atoms with van der Waals surface area (Å²) in [5.41, 5.74) is 4.89. The van der Waals surface area contributed by atoms with Crippen LogP contribution in [0.2, 0.25) is 0 Å². The summed E-state index contributed by atoms with van der Waals surface area (Å²) >= 11 is 1.82. The van der Waals surface area contributed by atoms with Crippen LogP contribution in [-0.4, -0.2) is 0 Å². The van der Waals surface area contributed by atoms with Gasteiger partial charge in [-0.3, -0.25) is 11.3 Å². The van der Waals surface area contributed by atoms with Crippen molar-refractivity contribution in [1.82, 2.24) is 5.43 Å². The Bertz CT molecular complexity index is 339. The Labute approximate surface area is 102 Å². The molecule has 1 aliphatic carbocycles. The second kappa shape index (κ2) is 4.86. The van der Waals surface area contributed by atoms with Crippen LogP contribution in [0.15, 0.2) is 11.4 Å². The van der Waals surface area contributed by atoms with Gasteiger partial charge >= 0.3 is 0 Å². The van der Waals surface area contributed by atoms with Crippen LogP contribution >= 0.6 is 11.3 Å². The highest BCUT2D eigenvalue weighted by Gasteiger charge is 2.40. The maximum atomic E-state index is 5.83. The molecule has 0 radical (unpaired) electrons. The number of rotatable bonds is 4. The first-order valence-corrected chi connectivity index (χ1v) is 7.11. The molecule has 90 valence electrons. The molecule has 0 saturated heterocycles. The second-order valence-corrected chi connectivity index (χ2v) is 6.08. The van der Waals surface area contributed by atoms with Crippen LogP contribution in [0.5, 0.6) is 0 Å². The highest BCUT2D eigenvalue weighted by Crippen LogP contribution is 2.50. The third kappa shape index (κ3) is 1.92. The molecule has 2 nitrogen and oxygen atoms in total. The zero-order chi connectivity index (χ0) is 11.6. The highest BCUT2D eigenvalue weighted by molar-refractivity contribution is 7.10. The number of nitrogens with two attached hydrogens (primary N) is 1. The van der Waals surface area contributed by atoms with E-state index in [-0.39, 0.29) is 0 Å². The minimum absolute atomic E-state index is 0.339. The average molecular weight is 238 g/mol. The van der Waals surface area contributed by atoms with Crippen molar-refractivity contribution < 1.29 is 0 Å². The van der Waals surface area contributed by atoms with Crippen LogP contribution in [0, 0.1) is 12.3 Å². The molecule has 1 heterocycles. The third-order valence-electron chi connectivity index (χ3n) is 4.29. The van der Waals surface area contributed by atoms with Crippen molar-refractivity contribution in [3.8, 4) is 0 Å². The maximum Gasteiger partial charge on any atom is 0.0526 e. The van der Waals surface area contributed by atoms with Gasteiger partial charge in [0, 0.05) is 4.88 Å². The number of aryl methyl sites for hydroxylation is 1. The van der Waals surface area contributed by atoms with E-state index in [0.717, 1.165) is 0 Å². The maximum absolute atomic E-state index is 5.83. The Hall–Kier alpha value is -0.380. The number of hydrogen-bond acceptors (Lipinski definition) is 3. The van der Waals surface area contributed by atoms with Gasteiger partial charge in [-0.25, -0.2) is 0 Å². The van der Waals surface area contributed by atoms with E-state index in [9.17, 15) is 0 Å². The molecule has 0 bridgehead atoms. The summed E-state index contributed by atoms with van der Waals surface area (Å²) in [5.74, 6) is 5.83. The van der Waals surface area contributed by atoms with Crippen molar-refractivity contribution in [2.75, 3.05) is 0 Å². The smallest absolute Gasteiger partial charge is 0.0526 e. The molecule has 1 aromatic heterocycles. The Morgan fingerprint density at radius 1 is 1.50 bits per heavy atom. The molecule has 1 saturated carbocycles. The van der Waals surface area contributed by atoms with E-state index >= 15 is 0 Å². The number of hydrazine groups is 1. The van der Waals surface area contributed by atoms with Gasteiger partial charge in [-0.1, -0.05) is 19.8 Å². The van der Waals surface area contributed by atoms with Crippen LogP contribution in [0.1, 0.15) is 55.5 Å². The van der Waals surface area contributed by atoms with Crippen molar-refractivity contribution in [3.05, 3.63) is 21.9 Å². The standard InChI is InChI=1S/C13H22N2S/c1-3-13(7-4-5-8-13)12(15-14)11-6-9-16-10(11)2/h6,9,12,15H,3-5,7-8,14H2,1-2H3. The number of hydrogen-bond donors (Lipinski definition) is 2. The molecule has 0 amide bonds. The first-order chi connectivity index (χ1) is 7.73. The molecule has 0 aromatic carbocycles. The summed E-state index contributed by atoms with van der Waals surface area (Å²) in [6.45, 7) is 4.50. The predicted octanol–water partition coefficient (Wildman–Crippen LogP) is 3.53. The largest absolute Gasteiger partial charge is 0.271 e. The van der Waals surface area contributed by atoms with E-state index in [0.29, 0.717) is 11.5 Å². The lowest BCUT2D eigenvalue weighted by Gasteiger charge is -2.36. The fourth-order valence-electron chi connectivity index (χ4n) is 3.22. The molecule has 1 aromatic rings. The van der Waals surface area contributed by atoms with E-state index in [1.807, 2.05) is 11.3 Å². The molecule has 1 atom stereocenters. The van der Waals surface area contributed by atoms with Gasteiger partial charge in [0.05, 0.1) is 6.04 Å². The summed E-state index contributed by atoms with van der Waals surface area (Å²) < 4.78 is 0. The fraction of sp³-hybridized carbons (Fsp3) is 0.692. The molecule has 1 unspecified atom stereocenters. The summed E-state index contributed by atoms with van der Waals surface area (Å²) in [5, 5.41) is 2.17. The Balaban J connectivity index is 2.31. The summed E-state index contributed by atoms with van der Waals surface area (Å²) in [6.07, 6.45) is 6.56. The molecule has 3 N–H and O–H groups in total. The molecule has 1 aliphatic rings. The van der Waals surface area contributed by atoms with Gasteiger partial charge in [0.1, 0.15) is 0 Å². The normalized spacial score (nSPS) is 21.2. The quantitative estimate of drug-likeness (QED) is 0.622. The van der Waals surface area contributed by atoms with Gasteiger partial charge in [0.2, 0.25) is 0 Å². The zero-order valence-corrected chi connectivity index (χ0v) is 11.1. The van der Waals surface area contributed by atoms with Crippen molar-refractivity contribution >= 4 is 11.3 Å². The molecule has 3 heteroatoms. The lowest BCUT2D eigenvalue weighted by atomic mass is 9.74. The van der Waals surface area contributed by atoms with Crippen LogP contribution in [0.3, 0.4) is 0 Å². The first kappa shape index (κ1) is 12.1. The van der Waals surface area contributed by atoms with E-state index < -0.39 is 0 Å². The third-order valence-corrected chi connectivity index (χ3v) is 5.15. The van der Waals surface area contributed by atoms with E-state index in [1.54, 1.807) is 0 Å².